The number of rotatable bonds is 4. The van der Waals surface area contributed by atoms with Crippen molar-refractivity contribution in [1.29, 1.82) is 0 Å². The number of carbonyl (C=O) groups excluding carboxylic acids is 1. The summed E-state index contributed by atoms with van der Waals surface area (Å²) in [5, 5.41) is 0.445. The molecule has 4 rings (SSSR count). The van der Waals surface area contributed by atoms with Crippen molar-refractivity contribution in [2.45, 2.75) is 32.4 Å². The third-order valence-corrected chi connectivity index (χ3v) is 5.61. The Morgan fingerprint density at radius 3 is 2.28 bits per heavy atom. The molecule has 7 heteroatoms. The minimum absolute atomic E-state index is 0.145. The summed E-state index contributed by atoms with van der Waals surface area (Å²) >= 11 is 6.18. The molecular formula is C22H22ClN3O3. The summed E-state index contributed by atoms with van der Waals surface area (Å²) in [5.74, 6) is -0.145. The quantitative estimate of drug-likeness (QED) is 0.620. The maximum Gasteiger partial charge on any atom is 0.317 e. The van der Waals surface area contributed by atoms with E-state index in [1.807, 2.05) is 30.3 Å². The van der Waals surface area contributed by atoms with Gasteiger partial charge in [-0.05, 0) is 43.0 Å². The van der Waals surface area contributed by atoms with E-state index in [-0.39, 0.29) is 19.0 Å². The molecule has 2 heterocycles. The summed E-state index contributed by atoms with van der Waals surface area (Å²) < 4.78 is 2.72. The Balaban J connectivity index is 1.81. The van der Waals surface area contributed by atoms with Crippen LogP contribution in [0.5, 0.6) is 0 Å². The molecular weight excluding hydrogens is 390 g/mol. The predicted octanol–water partition coefficient (Wildman–Crippen LogP) is 2.88. The van der Waals surface area contributed by atoms with Crippen LogP contribution >= 0.6 is 11.6 Å². The number of carbonyl (C=O) groups is 1. The molecule has 1 aromatic heterocycles. The highest BCUT2D eigenvalue weighted by Crippen LogP contribution is 2.19. The molecule has 0 atom stereocenters. The summed E-state index contributed by atoms with van der Waals surface area (Å²) in [5.41, 5.74) is 0.626. The number of aromatic nitrogens is 2. The number of halogens is 1. The van der Waals surface area contributed by atoms with Crippen molar-refractivity contribution in [2.75, 3.05) is 13.1 Å². The van der Waals surface area contributed by atoms with Gasteiger partial charge in [0.2, 0.25) is 5.91 Å². The Kier molecular flexibility index (Phi) is 5.53. The third-order valence-electron chi connectivity index (χ3n) is 5.38. The van der Waals surface area contributed by atoms with Crippen molar-refractivity contribution in [3.8, 4) is 0 Å². The number of amides is 1. The molecule has 2 aromatic carbocycles. The molecule has 0 aliphatic carbocycles. The molecule has 6 nitrogen and oxygen atoms in total. The van der Waals surface area contributed by atoms with Gasteiger partial charge in [0.05, 0.1) is 17.6 Å². The highest BCUT2D eigenvalue weighted by Gasteiger charge is 2.20. The maximum atomic E-state index is 12.9. The van der Waals surface area contributed by atoms with Crippen molar-refractivity contribution in [2.24, 2.45) is 0 Å². The zero-order valence-electron chi connectivity index (χ0n) is 16.0. The second-order valence-electron chi connectivity index (χ2n) is 7.34. The molecule has 0 unspecified atom stereocenters. The zero-order chi connectivity index (χ0) is 20.4. The standard InChI is InChI=1S/C22H22ClN3O3/c23-17-9-10-18-19(13-17)26(15-20(27)24-11-5-2-6-12-24)22(29)21(28)25(18)14-16-7-3-1-4-8-16/h1,3-4,7-10,13H,2,5-6,11-12,14-15H2. The summed E-state index contributed by atoms with van der Waals surface area (Å²) in [6, 6.07) is 14.5. The number of piperidine rings is 1. The van der Waals surface area contributed by atoms with E-state index in [0.29, 0.717) is 29.1 Å². The smallest absolute Gasteiger partial charge is 0.317 e. The molecule has 1 aliphatic heterocycles. The Morgan fingerprint density at radius 1 is 0.862 bits per heavy atom. The van der Waals surface area contributed by atoms with Gasteiger partial charge in [-0.15, -0.1) is 0 Å². The molecule has 29 heavy (non-hydrogen) atoms. The van der Waals surface area contributed by atoms with Crippen LogP contribution < -0.4 is 11.1 Å². The first-order valence-corrected chi connectivity index (χ1v) is 10.2. The van der Waals surface area contributed by atoms with Crippen LogP contribution in [-0.2, 0) is 17.9 Å². The Labute approximate surface area is 172 Å². The second-order valence-corrected chi connectivity index (χ2v) is 7.78. The number of hydrogen-bond acceptors (Lipinski definition) is 3. The fourth-order valence-electron chi connectivity index (χ4n) is 3.85. The second kappa shape index (κ2) is 8.25. The van der Waals surface area contributed by atoms with E-state index in [4.69, 9.17) is 11.6 Å². The van der Waals surface area contributed by atoms with Gasteiger partial charge in [0, 0.05) is 18.1 Å². The van der Waals surface area contributed by atoms with Crippen LogP contribution in [0.25, 0.3) is 11.0 Å². The lowest BCUT2D eigenvalue weighted by Crippen LogP contribution is -2.45. The first-order chi connectivity index (χ1) is 14.0. The predicted molar refractivity (Wildman–Crippen MR) is 113 cm³/mol. The summed E-state index contributed by atoms with van der Waals surface area (Å²) in [6.07, 6.45) is 3.04. The highest BCUT2D eigenvalue weighted by atomic mass is 35.5. The van der Waals surface area contributed by atoms with Crippen LogP contribution in [0, 0.1) is 0 Å². The van der Waals surface area contributed by atoms with E-state index < -0.39 is 11.1 Å². The van der Waals surface area contributed by atoms with Crippen LogP contribution in [0.3, 0.4) is 0 Å². The van der Waals surface area contributed by atoms with Crippen LogP contribution in [0.2, 0.25) is 5.02 Å². The SMILES string of the molecule is O=C(Cn1c(=O)c(=O)n(Cc2ccccc2)c2ccc(Cl)cc21)N1CCCCC1. The van der Waals surface area contributed by atoms with Gasteiger partial charge in [-0.3, -0.25) is 23.5 Å². The molecule has 0 spiro atoms. The Bertz CT molecular complexity index is 1160. The summed E-state index contributed by atoms with van der Waals surface area (Å²) in [6.45, 7) is 1.50. The molecule has 0 N–H and O–H groups in total. The molecule has 0 radical (unpaired) electrons. The number of fused-ring (bicyclic) bond motifs is 1. The van der Waals surface area contributed by atoms with Crippen molar-refractivity contribution >= 4 is 28.5 Å². The van der Waals surface area contributed by atoms with E-state index >= 15 is 0 Å². The van der Waals surface area contributed by atoms with Gasteiger partial charge in [-0.1, -0.05) is 41.9 Å². The van der Waals surface area contributed by atoms with E-state index in [1.54, 1.807) is 23.1 Å². The van der Waals surface area contributed by atoms with E-state index in [1.165, 1.54) is 9.13 Å². The topological polar surface area (TPSA) is 64.3 Å². The lowest BCUT2D eigenvalue weighted by Gasteiger charge is -2.27. The number of likely N-dealkylation sites (tertiary alicyclic amines) is 1. The lowest BCUT2D eigenvalue weighted by atomic mass is 10.1. The van der Waals surface area contributed by atoms with Crippen LogP contribution in [0.1, 0.15) is 24.8 Å². The number of benzene rings is 2. The van der Waals surface area contributed by atoms with Gasteiger partial charge in [0.25, 0.3) is 0 Å². The normalized spacial score (nSPS) is 14.3. The highest BCUT2D eigenvalue weighted by molar-refractivity contribution is 6.31. The average Bonchev–Trinajstić information content (AvgIpc) is 2.75. The van der Waals surface area contributed by atoms with Gasteiger partial charge in [0.1, 0.15) is 6.54 Å². The van der Waals surface area contributed by atoms with E-state index in [0.717, 1.165) is 24.8 Å². The van der Waals surface area contributed by atoms with Gasteiger partial charge in [0.15, 0.2) is 0 Å². The van der Waals surface area contributed by atoms with Crippen molar-refractivity contribution in [3.63, 3.8) is 0 Å². The molecule has 150 valence electrons. The van der Waals surface area contributed by atoms with Gasteiger partial charge >= 0.3 is 11.1 Å². The minimum atomic E-state index is -0.707. The minimum Gasteiger partial charge on any atom is -0.341 e. The first kappa shape index (κ1) is 19.5. The molecule has 1 aliphatic rings. The molecule has 0 bridgehead atoms. The van der Waals surface area contributed by atoms with Crippen LogP contribution in [-0.4, -0.2) is 33.0 Å². The molecule has 1 fully saturated rings. The lowest BCUT2D eigenvalue weighted by molar-refractivity contribution is -0.132. The van der Waals surface area contributed by atoms with Gasteiger partial charge < -0.3 is 4.90 Å². The van der Waals surface area contributed by atoms with Crippen LogP contribution in [0.4, 0.5) is 0 Å². The summed E-state index contributed by atoms with van der Waals surface area (Å²) in [4.78, 5) is 40.4. The van der Waals surface area contributed by atoms with E-state index in [9.17, 15) is 14.4 Å². The van der Waals surface area contributed by atoms with Crippen LogP contribution in [0.15, 0.2) is 58.1 Å². The Hall–Kier alpha value is -2.86. The van der Waals surface area contributed by atoms with E-state index in [2.05, 4.69) is 0 Å². The molecule has 1 amide bonds. The maximum absolute atomic E-state index is 12.9. The zero-order valence-corrected chi connectivity index (χ0v) is 16.8. The van der Waals surface area contributed by atoms with Gasteiger partial charge in [-0.25, -0.2) is 0 Å². The fourth-order valence-corrected chi connectivity index (χ4v) is 4.02. The van der Waals surface area contributed by atoms with Crippen molar-refractivity contribution in [1.82, 2.24) is 14.0 Å². The summed E-state index contributed by atoms with van der Waals surface area (Å²) in [7, 11) is 0. The monoisotopic (exact) mass is 411 g/mol. The molecule has 1 saturated heterocycles. The third kappa shape index (κ3) is 3.98. The Morgan fingerprint density at radius 2 is 1.55 bits per heavy atom. The van der Waals surface area contributed by atoms with Gasteiger partial charge in [-0.2, -0.15) is 0 Å². The average molecular weight is 412 g/mol. The number of nitrogens with zero attached hydrogens (tertiary/aromatic N) is 3. The van der Waals surface area contributed by atoms with Crippen molar-refractivity contribution in [3.05, 3.63) is 79.8 Å². The fraction of sp³-hybridized carbons (Fsp3) is 0.318. The molecule has 3 aromatic rings. The first-order valence-electron chi connectivity index (χ1n) is 9.79. The largest absolute Gasteiger partial charge is 0.341 e. The number of hydrogen-bond donors (Lipinski definition) is 0. The molecule has 0 saturated carbocycles. The van der Waals surface area contributed by atoms with Crippen molar-refractivity contribution < 1.29 is 4.79 Å².